The number of hydrogen-bond acceptors (Lipinski definition) is 7. The van der Waals surface area contributed by atoms with Crippen LogP contribution in [0.3, 0.4) is 0 Å². The number of carbonyl (C=O) groups is 1. The van der Waals surface area contributed by atoms with Crippen LogP contribution >= 0.6 is 0 Å². The number of sulfonamides is 1. The van der Waals surface area contributed by atoms with Gasteiger partial charge in [-0.15, -0.1) is 0 Å². The third-order valence-corrected chi connectivity index (χ3v) is 7.27. The Morgan fingerprint density at radius 2 is 1.94 bits per heavy atom. The number of rotatable bonds is 7. The molecule has 35 heavy (non-hydrogen) atoms. The third kappa shape index (κ3) is 5.39. The van der Waals surface area contributed by atoms with Crippen molar-refractivity contribution in [3.8, 4) is 17.0 Å². The molecule has 0 fully saturated rings. The average molecular weight is 496 g/mol. The zero-order chi connectivity index (χ0) is 25.2. The molecule has 0 unspecified atom stereocenters. The topological polar surface area (TPSA) is 127 Å². The second kappa shape index (κ2) is 9.93. The highest BCUT2D eigenvalue weighted by Crippen LogP contribution is 2.38. The van der Waals surface area contributed by atoms with Gasteiger partial charge in [-0.05, 0) is 73.8 Å². The van der Waals surface area contributed by atoms with Gasteiger partial charge in [-0.25, -0.2) is 22.9 Å². The molecule has 1 heterocycles. The van der Waals surface area contributed by atoms with Crippen LogP contribution in [-0.2, 0) is 29.4 Å². The van der Waals surface area contributed by atoms with Gasteiger partial charge in [0.15, 0.2) is 0 Å². The van der Waals surface area contributed by atoms with E-state index in [4.69, 9.17) is 10.5 Å². The molecule has 0 bridgehead atoms. The lowest BCUT2D eigenvalue weighted by Gasteiger charge is -2.17. The molecule has 2 amide bonds. The SMILES string of the molecule is COc1cc(-c2ccc3c(c2NC(=O)NS(=O)(=O)c2ccc(CN(C)C)cc2N)CCC3)ccn1. The highest BCUT2D eigenvalue weighted by molar-refractivity contribution is 7.90. The predicted molar refractivity (Wildman–Crippen MR) is 136 cm³/mol. The molecule has 2 aromatic carbocycles. The van der Waals surface area contributed by atoms with Gasteiger partial charge in [0, 0.05) is 24.4 Å². The van der Waals surface area contributed by atoms with Gasteiger partial charge in [-0.1, -0.05) is 18.2 Å². The molecule has 3 aromatic rings. The zero-order valence-corrected chi connectivity index (χ0v) is 20.8. The van der Waals surface area contributed by atoms with Crippen molar-refractivity contribution in [3.05, 3.63) is 65.4 Å². The fourth-order valence-corrected chi connectivity index (χ4v) is 5.38. The molecule has 1 aliphatic rings. The minimum atomic E-state index is -4.19. The van der Waals surface area contributed by atoms with Gasteiger partial charge < -0.3 is 20.7 Å². The number of ether oxygens (including phenoxy) is 1. The van der Waals surface area contributed by atoms with Crippen LogP contribution in [0.2, 0.25) is 0 Å². The molecule has 1 aliphatic carbocycles. The highest BCUT2D eigenvalue weighted by atomic mass is 32.2. The first-order valence-corrected chi connectivity index (χ1v) is 12.7. The van der Waals surface area contributed by atoms with E-state index in [1.165, 1.54) is 13.2 Å². The Hall–Kier alpha value is -3.63. The molecule has 4 rings (SSSR count). The first-order chi connectivity index (χ1) is 16.7. The Morgan fingerprint density at radius 3 is 2.66 bits per heavy atom. The lowest BCUT2D eigenvalue weighted by atomic mass is 9.98. The van der Waals surface area contributed by atoms with Crippen LogP contribution in [0, 0.1) is 0 Å². The zero-order valence-electron chi connectivity index (χ0n) is 20.0. The number of aryl methyl sites for hydroxylation is 1. The number of nitrogen functional groups attached to an aromatic ring is 1. The smallest absolute Gasteiger partial charge is 0.333 e. The number of benzene rings is 2. The number of nitrogens with two attached hydrogens (primary N) is 1. The Morgan fingerprint density at radius 1 is 1.14 bits per heavy atom. The molecular formula is C25H29N5O4S. The van der Waals surface area contributed by atoms with Crippen molar-refractivity contribution >= 4 is 27.4 Å². The monoisotopic (exact) mass is 495 g/mol. The van der Waals surface area contributed by atoms with E-state index in [0.717, 1.165) is 47.1 Å². The molecule has 0 saturated carbocycles. The molecule has 0 spiro atoms. The number of anilines is 2. The number of nitrogens with one attached hydrogen (secondary N) is 2. The molecule has 0 radical (unpaired) electrons. The normalized spacial score (nSPS) is 12.9. The Balaban J connectivity index is 1.62. The molecule has 9 nitrogen and oxygen atoms in total. The fourth-order valence-electron chi connectivity index (χ4n) is 4.36. The minimum absolute atomic E-state index is 0.0785. The van der Waals surface area contributed by atoms with Gasteiger partial charge in [-0.2, -0.15) is 0 Å². The third-order valence-electron chi connectivity index (χ3n) is 5.87. The summed E-state index contributed by atoms with van der Waals surface area (Å²) in [7, 11) is 1.16. The maximum absolute atomic E-state index is 13.0. The van der Waals surface area contributed by atoms with E-state index < -0.39 is 16.1 Å². The van der Waals surface area contributed by atoms with Gasteiger partial charge in [0.25, 0.3) is 10.0 Å². The summed E-state index contributed by atoms with van der Waals surface area (Å²) in [6, 6.07) is 11.4. The van der Waals surface area contributed by atoms with Crippen LogP contribution < -0.4 is 20.5 Å². The molecule has 0 atom stereocenters. The maximum atomic E-state index is 13.0. The van der Waals surface area contributed by atoms with E-state index in [1.54, 1.807) is 24.4 Å². The largest absolute Gasteiger partial charge is 0.481 e. The standard InChI is InChI=1S/C25H29N5O4S/c1-30(2)15-16-7-10-22(21(26)13-16)35(32,33)29-25(31)28-24-19-6-4-5-17(19)8-9-20(24)18-11-12-27-23(14-18)34-3/h7-14H,4-6,15,26H2,1-3H3,(H2,28,29,31). The van der Waals surface area contributed by atoms with E-state index in [9.17, 15) is 13.2 Å². The molecule has 1 aromatic heterocycles. The second-order valence-electron chi connectivity index (χ2n) is 8.74. The van der Waals surface area contributed by atoms with Crippen molar-refractivity contribution < 1.29 is 17.9 Å². The Kier molecular flexibility index (Phi) is 6.95. The van der Waals surface area contributed by atoms with Crippen molar-refractivity contribution in [3.63, 3.8) is 0 Å². The fraction of sp³-hybridized carbons (Fsp3) is 0.280. The van der Waals surface area contributed by atoms with Crippen LogP contribution in [0.15, 0.2) is 53.6 Å². The van der Waals surface area contributed by atoms with Crippen LogP contribution in [0.5, 0.6) is 5.88 Å². The van der Waals surface area contributed by atoms with Gasteiger partial charge in [0.1, 0.15) is 4.90 Å². The summed E-state index contributed by atoms with van der Waals surface area (Å²) in [4.78, 5) is 18.9. The van der Waals surface area contributed by atoms with Gasteiger partial charge in [-0.3, -0.25) is 0 Å². The molecular weight excluding hydrogens is 466 g/mol. The maximum Gasteiger partial charge on any atom is 0.333 e. The van der Waals surface area contributed by atoms with Crippen LogP contribution in [-0.4, -0.2) is 45.5 Å². The van der Waals surface area contributed by atoms with Crippen LogP contribution in [0.1, 0.15) is 23.1 Å². The van der Waals surface area contributed by atoms with E-state index >= 15 is 0 Å². The number of carbonyl (C=O) groups excluding carboxylic acids is 1. The Bertz CT molecular complexity index is 1370. The Labute approximate surface area is 205 Å². The molecule has 184 valence electrons. The first-order valence-electron chi connectivity index (χ1n) is 11.2. The summed E-state index contributed by atoms with van der Waals surface area (Å²) >= 11 is 0. The molecule has 4 N–H and O–H groups in total. The van der Waals surface area contributed by atoms with Crippen LogP contribution in [0.25, 0.3) is 11.1 Å². The lowest BCUT2D eigenvalue weighted by molar-refractivity contribution is 0.256. The minimum Gasteiger partial charge on any atom is -0.481 e. The summed E-state index contributed by atoms with van der Waals surface area (Å²) in [6.45, 7) is 0.611. The highest BCUT2D eigenvalue weighted by Gasteiger charge is 2.24. The van der Waals surface area contributed by atoms with Gasteiger partial charge >= 0.3 is 6.03 Å². The summed E-state index contributed by atoms with van der Waals surface area (Å²) < 4.78 is 33.3. The van der Waals surface area contributed by atoms with E-state index in [2.05, 4.69) is 15.0 Å². The number of fused-ring (bicyclic) bond motifs is 1. The van der Waals surface area contributed by atoms with E-state index in [-0.39, 0.29) is 10.6 Å². The summed E-state index contributed by atoms with van der Waals surface area (Å²) in [5.74, 6) is 0.439. The van der Waals surface area contributed by atoms with Crippen molar-refractivity contribution in [2.45, 2.75) is 30.7 Å². The number of hydrogen-bond donors (Lipinski definition) is 3. The predicted octanol–water partition coefficient (Wildman–Crippen LogP) is 3.40. The molecule has 10 heteroatoms. The van der Waals surface area contributed by atoms with Crippen molar-refractivity contribution in [1.82, 2.24) is 14.6 Å². The molecule has 0 saturated heterocycles. The van der Waals surface area contributed by atoms with Crippen LogP contribution in [0.4, 0.5) is 16.2 Å². The number of amides is 2. The number of methoxy groups -OCH3 is 1. The quantitative estimate of drug-likeness (QED) is 0.429. The number of nitrogens with zero attached hydrogens (tertiary/aromatic N) is 2. The van der Waals surface area contributed by atoms with E-state index in [1.807, 2.05) is 37.2 Å². The summed E-state index contributed by atoms with van der Waals surface area (Å²) in [6.07, 6.45) is 4.27. The summed E-state index contributed by atoms with van der Waals surface area (Å²) in [5, 5.41) is 2.79. The van der Waals surface area contributed by atoms with Gasteiger partial charge in [0.05, 0.1) is 18.5 Å². The molecule has 0 aliphatic heterocycles. The second-order valence-corrected chi connectivity index (χ2v) is 10.4. The number of pyridine rings is 1. The van der Waals surface area contributed by atoms with Gasteiger partial charge in [0.2, 0.25) is 5.88 Å². The number of aromatic nitrogens is 1. The average Bonchev–Trinajstić information content (AvgIpc) is 3.28. The lowest BCUT2D eigenvalue weighted by Crippen LogP contribution is -2.35. The first kappa shape index (κ1) is 24.5. The van der Waals surface area contributed by atoms with Crippen molar-refractivity contribution in [1.29, 1.82) is 0 Å². The number of urea groups is 1. The van der Waals surface area contributed by atoms with E-state index in [0.29, 0.717) is 18.1 Å². The van der Waals surface area contributed by atoms with Crippen molar-refractivity contribution in [2.24, 2.45) is 0 Å². The van der Waals surface area contributed by atoms with Crippen molar-refractivity contribution in [2.75, 3.05) is 32.3 Å². The summed E-state index contributed by atoms with van der Waals surface area (Å²) in [5.41, 5.74) is 11.2.